The minimum absolute atomic E-state index is 0.0421. The molecule has 0 unspecified atom stereocenters. The number of aryl methyl sites for hydroxylation is 1. The van der Waals surface area contributed by atoms with Crippen molar-refractivity contribution >= 4 is 11.7 Å². The zero-order chi connectivity index (χ0) is 19.3. The van der Waals surface area contributed by atoms with Gasteiger partial charge in [0.05, 0.1) is 18.8 Å². The fourth-order valence-corrected chi connectivity index (χ4v) is 2.97. The van der Waals surface area contributed by atoms with Crippen LogP contribution in [0.2, 0.25) is 0 Å². The second-order valence-electron chi connectivity index (χ2n) is 7.47. The van der Waals surface area contributed by atoms with Gasteiger partial charge >= 0.3 is 6.03 Å². The van der Waals surface area contributed by atoms with Gasteiger partial charge in [-0.25, -0.2) is 4.79 Å². The SMILES string of the molecule is COCCn1nc(C)c(CNC(=O)Nc2ccccc2C(C)(C)C)c1C. The van der Waals surface area contributed by atoms with Crippen LogP contribution in [0, 0.1) is 13.8 Å². The Bertz CT molecular complexity index is 760. The van der Waals surface area contributed by atoms with Gasteiger partial charge in [0.1, 0.15) is 0 Å². The van der Waals surface area contributed by atoms with Crippen molar-refractivity contribution in [2.45, 2.75) is 53.1 Å². The maximum atomic E-state index is 12.4. The summed E-state index contributed by atoms with van der Waals surface area (Å²) in [6.45, 7) is 12.1. The Balaban J connectivity index is 2.04. The average molecular weight is 358 g/mol. The van der Waals surface area contributed by atoms with Crippen LogP contribution in [-0.2, 0) is 23.2 Å². The molecule has 6 heteroatoms. The molecule has 1 heterocycles. The lowest BCUT2D eigenvalue weighted by atomic mass is 9.86. The summed E-state index contributed by atoms with van der Waals surface area (Å²) < 4.78 is 7.03. The van der Waals surface area contributed by atoms with E-state index in [2.05, 4.69) is 36.5 Å². The van der Waals surface area contributed by atoms with Crippen molar-refractivity contribution in [3.05, 3.63) is 46.8 Å². The number of aromatic nitrogens is 2. The van der Waals surface area contributed by atoms with E-state index in [1.807, 2.05) is 42.8 Å². The van der Waals surface area contributed by atoms with Crippen LogP contribution in [0.1, 0.15) is 43.3 Å². The van der Waals surface area contributed by atoms with Gasteiger partial charge in [0, 0.05) is 30.6 Å². The topological polar surface area (TPSA) is 68.2 Å². The molecule has 0 saturated carbocycles. The van der Waals surface area contributed by atoms with E-state index in [0.717, 1.165) is 28.2 Å². The number of rotatable bonds is 6. The zero-order valence-corrected chi connectivity index (χ0v) is 16.6. The van der Waals surface area contributed by atoms with Crippen molar-refractivity contribution in [3.8, 4) is 0 Å². The van der Waals surface area contributed by atoms with Crippen LogP contribution in [0.4, 0.5) is 10.5 Å². The number of benzene rings is 1. The molecule has 0 fully saturated rings. The third kappa shape index (κ3) is 4.85. The average Bonchev–Trinajstić information content (AvgIpc) is 2.84. The third-order valence-electron chi connectivity index (χ3n) is 4.45. The van der Waals surface area contributed by atoms with Crippen molar-refractivity contribution in [1.29, 1.82) is 0 Å². The van der Waals surface area contributed by atoms with E-state index in [1.54, 1.807) is 7.11 Å². The van der Waals surface area contributed by atoms with E-state index in [-0.39, 0.29) is 11.4 Å². The maximum Gasteiger partial charge on any atom is 0.319 e. The van der Waals surface area contributed by atoms with Gasteiger partial charge in [0.15, 0.2) is 0 Å². The number of urea groups is 1. The molecule has 2 amide bonds. The summed E-state index contributed by atoms with van der Waals surface area (Å²) in [6.07, 6.45) is 0. The molecule has 142 valence electrons. The first-order chi connectivity index (χ1) is 12.2. The van der Waals surface area contributed by atoms with Crippen LogP contribution >= 0.6 is 0 Å². The Kier molecular flexibility index (Phi) is 6.42. The number of amides is 2. The minimum Gasteiger partial charge on any atom is -0.383 e. The van der Waals surface area contributed by atoms with Crippen molar-refractivity contribution < 1.29 is 9.53 Å². The molecular weight excluding hydrogens is 328 g/mol. The van der Waals surface area contributed by atoms with Crippen molar-refractivity contribution in [1.82, 2.24) is 15.1 Å². The predicted octanol–water partition coefficient (Wildman–Crippen LogP) is 3.77. The summed E-state index contributed by atoms with van der Waals surface area (Å²) in [7, 11) is 1.67. The van der Waals surface area contributed by atoms with Crippen LogP contribution in [-0.4, -0.2) is 29.5 Å². The Labute approximate surface area is 155 Å². The standard InChI is InChI=1S/C20H30N4O2/c1-14-16(15(2)24(23-14)11-12-26-6)13-21-19(25)22-18-10-8-7-9-17(18)20(3,4)5/h7-10H,11-13H2,1-6H3,(H2,21,22,25). The molecule has 0 radical (unpaired) electrons. The molecule has 0 aliphatic rings. The Morgan fingerprint density at radius 3 is 2.58 bits per heavy atom. The molecule has 0 saturated heterocycles. The number of para-hydroxylation sites is 1. The van der Waals surface area contributed by atoms with Gasteiger partial charge in [-0.1, -0.05) is 39.0 Å². The number of ether oxygens (including phenoxy) is 1. The highest BCUT2D eigenvalue weighted by atomic mass is 16.5. The van der Waals surface area contributed by atoms with E-state index in [1.165, 1.54) is 0 Å². The summed E-state index contributed by atoms with van der Waals surface area (Å²) in [5.41, 5.74) is 4.92. The van der Waals surface area contributed by atoms with Gasteiger partial charge < -0.3 is 15.4 Å². The van der Waals surface area contributed by atoms with Crippen molar-refractivity contribution in [3.63, 3.8) is 0 Å². The zero-order valence-electron chi connectivity index (χ0n) is 16.6. The summed E-state index contributed by atoms with van der Waals surface area (Å²) in [6, 6.07) is 7.68. The largest absolute Gasteiger partial charge is 0.383 e. The molecule has 2 aromatic rings. The first-order valence-electron chi connectivity index (χ1n) is 8.90. The minimum atomic E-state index is -0.217. The Morgan fingerprint density at radius 1 is 1.23 bits per heavy atom. The Hall–Kier alpha value is -2.34. The van der Waals surface area contributed by atoms with E-state index >= 15 is 0 Å². The smallest absolute Gasteiger partial charge is 0.319 e. The first-order valence-corrected chi connectivity index (χ1v) is 8.90. The molecule has 1 aromatic carbocycles. The quantitative estimate of drug-likeness (QED) is 0.826. The second kappa shape index (κ2) is 8.36. The molecule has 0 atom stereocenters. The first kappa shape index (κ1) is 20.0. The molecule has 1 aromatic heterocycles. The lowest BCUT2D eigenvalue weighted by Crippen LogP contribution is -2.30. The van der Waals surface area contributed by atoms with E-state index in [0.29, 0.717) is 19.7 Å². The molecule has 26 heavy (non-hydrogen) atoms. The van der Waals surface area contributed by atoms with E-state index < -0.39 is 0 Å². The molecule has 0 aliphatic carbocycles. The maximum absolute atomic E-state index is 12.4. The van der Waals surface area contributed by atoms with E-state index in [9.17, 15) is 4.79 Å². The summed E-state index contributed by atoms with van der Waals surface area (Å²) in [5.74, 6) is 0. The highest BCUT2D eigenvalue weighted by Gasteiger charge is 2.19. The predicted molar refractivity (Wildman–Crippen MR) is 105 cm³/mol. The number of methoxy groups -OCH3 is 1. The second-order valence-corrected chi connectivity index (χ2v) is 7.47. The number of anilines is 1. The summed E-state index contributed by atoms with van der Waals surface area (Å²) in [4.78, 5) is 12.4. The summed E-state index contributed by atoms with van der Waals surface area (Å²) in [5, 5.41) is 10.4. The molecule has 0 bridgehead atoms. The van der Waals surface area contributed by atoms with E-state index in [4.69, 9.17) is 4.74 Å². The van der Waals surface area contributed by atoms with Crippen LogP contribution in [0.25, 0.3) is 0 Å². The molecule has 0 aliphatic heterocycles. The van der Waals surface area contributed by atoms with Crippen LogP contribution in [0.15, 0.2) is 24.3 Å². The van der Waals surface area contributed by atoms with Gasteiger partial charge in [-0.15, -0.1) is 0 Å². The van der Waals surface area contributed by atoms with Gasteiger partial charge in [-0.3, -0.25) is 4.68 Å². The van der Waals surface area contributed by atoms with Gasteiger partial charge in [0.2, 0.25) is 0 Å². The van der Waals surface area contributed by atoms with Gasteiger partial charge in [-0.05, 0) is 30.9 Å². The monoisotopic (exact) mass is 358 g/mol. The van der Waals surface area contributed by atoms with Gasteiger partial charge in [0.25, 0.3) is 0 Å². The lowest BCUT2D eigenvalue weighted by Gasteiger charge is -2.23. The number of carbonyl (C=O) groups is 1. The van der Waals surface area contributed by atoms with Crippen LogP contribution < -0.4 is 10.6 Å². The summed E-state index contributed by atoms with van der Waals surface area (Å²) >= 11 is 0. The van der Waals surface area contributed by atoms with Crippen LogP contribution in [0.3, 0.4) is 0 Å². The fraction of sp³-hybridized carbons (Fsp3) is 0.500. The number of nitrogens with one attached hydrogen (secondary N) is 2. The third-order valence-corrected chi connectivity index (χ3v) is 4.45. The molecule has 6 nitrogen and oxygen atoms in total. The normalized spacial score (nSPS) is 11.5. The van der Waals surface area contributed by atoms with Crippen molar-refractivity contribution in [2.75, 3.05) is 19.0 Å². The molecular formula is C20H30N4O2. The number of nitrogens with zero attached hydrogens (tertiary/aromatic N) is 2. The lowest BCUT2D eigenvalue weighted by molar-refractivity contribution is 0.182. The molecule has 2 rings (SSSR count). The number of hydrogen-bond acceptors (Lipinski definition) is 3. The van der Waals surface area contributed by atoms with Crippen molar-refractivity contribution in [2.24, 2.45) is 0 Å². The van der Waals surface area contributed by atoms with Gasteiger partial charge in [-0.2, -0.15) is 5.10 Å². The highest BCUT2D eigenvalue weighted by Crippen LogP contribution is 2.29. The fourth-order valence-electron chi connectivity index (χ4n) is 2.97. The highest BCUT2D eigenvalue weighted by molar-refractivity contribution is 5.90. The molecule has 2 N–H and O–H groups in total. The number of carbonyl (C=O) groups excluding carboxylic acids is 1. The van der Waals surface area contributed by atoms with Crippen LogP contribution in [0.5, 0.6) is 0 Å². The Morgan fingerprint density at radius 2 is 1.92 bits per heavy atom. The molecule has 0 spiro atoms. The number of hydrogen-bond donors (Lipinski definition) is 2.